The fourth-order valence-electron chi connectivity index (χ4n) is 2.50. The largest absolute Gasteiger partial charge is 0.493 e. The number of aromatic nitrogens is 1. The maximum Gasteiger partial charge on any atom is 0.471 e. The van der Waals surface area contributed by atoms with Crippen molar-refractivity contribution in [3.8, 4) is 11.8 Å². The van der Waals surface area contributed by atoms with Crippen LogP contribution in [0.25, 0.3) is 0 Å². The summed E-state index contributed by atoms with van der Waals surface area (Å²) in [6.07, 6.45) is -4.02. The summed E-state index contributed by atoms with van der Waals surface area (Å²) in [6, 6.07) is -1.04. The topological polar surface area (TPSA) is 122 Å². The molecule has 0 spiro atoms. The Balaban J connectivity index is 2.70. The summed E-state index contributed by atoms with van der Waals surface area (Å²) in [5, 5.41) is 23.1. The summed E-state index contributed by atoms with van der Waals surface area (Å²) < 4.78 is 43.7. The first kappa shape index (κ1) is 20.0. The Morgan fingerprint density at radius 1 is 1.52 bits per heavy atom. The summed E-state index contributed by atoms with van der Waals surface area (Å²) in [5.74, 6) is -5.11. The minimum atomic E-state index is -5.32. The fourth-order valence-corrected chi connectivity index (χ4v) is 2.50. The number of fused-ring (bicyclic) bond motifs is 1. The number of ether oxygens (including phenoxy) is 1. The van der Waals surface area contributed by atoms with E-state index in [1.807, 2.05) is 0 Å². The number of pyridine rings is 1. The first-order valence-corrected chi connectivity index (χ1v) is 7.30. The number of aromatic hydroxyl groups is 1. The highest BCUT2D eigenvalue weighted by atomic mass is 19.4. The molecule has 1 atom stereocenters. The summed E-state index contributed by atoms with van der Waals surface area (Å²) in [6.45, 7) is 2.39. The molecule has 2 heterocycles. The van der Waals surface area contributed by atoms with Crippen molar-refractivity contribution in [2.75, 3.05) is 20.3 Å². The van der Waals surface area contributed by atoms with Gasteiger partial charge in [-0.15, -0.1) is 0 Å². The molecule has 1 aromatic heterocycles. The van der Waals surface area contributed by atoms with E-state index in [0.29, 0.717) is 0 Å². The number of hydrogen-bond donors (Lipinski definition) is 2. The highest BCUT2D eigenvalue weighted by Crippen LogP contribution is 2.38. The Hall–Kier alpha value is -3.31. The number of aliphatic carboxylic acids is 1. The number of carbonyl (C=O) groups is 2. The zero-order valence-corrected chi connectivity index (χ0v) is 13.9. The summed E-state index contributed by atoms with van der Waals surface area (Å²) in [4.78, 5) is 32.0. The molecule has 1 aromatic rings. The number of methoxy groups -OCH3 is 1. The molecule has 12 heteroatoms. The van der Waals surface area contributed by atoms with Crippen molar-refractivity contribution in [3.05, 3.63) is 29.8 Å². The second-order valence-corrected chi connectivity index (χ2v) is 5.25. The third kappa shape index (κ3) is 3.93. The molecule has 2 rings (SSSR count). The maximum atomic E-state index is 12.9. The Morgan fingerprint density at radius 3 is 2.70 bits per heavy atom. The van der Waals surface area contributed by atoms with Crippen LogP contribution in [-0.4, -0.2) is 64.1 Å². The minimum absolute atomic E-state index is 0.0691. The highest BCUT2D eigenvalue weighted by molar-refractivity contribution is 6.09. The Labute approximate surface area is 150 Å². The molecule has 0 saturated carbocycles. The van der Waals surface area contributed by atoms with E-state index in [4.69, 9.17) is 9.57 Å². The van der Waals surface area contributed by atoms with Gasteiger partial charge in [0.15, 0.2) is 6.04 Å². The van der Waals surface area contributed by atoms with Crippen LogP contribution in [-0.2, 0) is 14.4 Å². The van der Waals surface area contributed by atoms with Gasteiger partial charge in [-0.2, -0.15) is 18.2 Å². The molecular formula is C15H14F3N3O6. The average molecular weight is 389 g/mol. The van der Waals surface area contributed by atoms with E-state index in [1.165, 1.54) is 6.08 Å². The van der Waals surface area contributed by atoms with Crippen LogP contribution in [0.15, 0.2) is 23.9 Å². The van der Waals surface area contributed by atoms with E-state index in [-0.39, 0.29) is 34.2 Å². The molecule has 9 nitrogen and oxygen atoms in total. The molecule has 0 radical (unpaired) electrons. The Bertz CT molecular complexity index is 809. The second kappa shape index (κ2) is 7.51. The van der Waals surface area contributed by atoms with Crippen LogP contribution >= 0.6 is 0 Å². The van der Waals surface area contributed by atoms with Gasteiger partial charge >= 0.3 is 18.1 Å². The zero-order valence-electron chi connectivity index (χ0n) is 13.9. The first-order chi connectivity index (χ1) is 12.6. The minimum Gasteiger partial charge on any atom is -0.493 e. The van der Waals surface area contributed by atoms with E-state index in [2.05, 4.69) is 16.7 Å². The van der Waals surface area contributed by atoms with Crippen molar-refractivity contribution in [2.45, 2.75) is 12.2 Å². The SMILES string of the molecule is C=CCO/N=C1\CN(C(=O)C(F)(F)F)C(C(=O)O)c2cc(OC)nc(O)c21. The van der Waals surface area contributed by atoms with Gasteiger partial charge < -0.3 is 24.7 Å². The Morgan fingerprint density at radius 2 is 2.19 bits per heavy atom. The molecular weight excluding hydrogens is 375 g/mol. The molecule has 0 fully saturated rings. The molecule has 1 aliphatic heterocycles. The summed E-state index contributed by atoms with van der Waals surface area (Å²) >= 11 is 0. The number of oxime groups is 1. The maximum absolute atomic E-state index is 12.9. The molecule has 1 amide bonds. The summed E-state index contributed by atoms with van der Waals surface area (Å²) in [7, 11) is 1.16. The van der Waals surface area contributed by atoms with Crippen LogP contribution in [0.3, 0.4) is 0 Å². The lowest BCUT2D eigenvalue weighted by molar-refractivity contribution is -0.189. The van der Waals surface area contributed by atoms with Crippen molar-refractivity contribution in [2.24, 2.45) is 5.16 Å². The monoisotopic (exact) mass is 389 g/mol. The molecule has 0 bridgehead atoms. The predicted molar refractivity (Wildman–Crippen MR) is 83.3 cm³/mol. The van der Waals surface area contributed by atoms with E-state index >= 15 is 0 Å². The molecule has 0 saturated heterocycles. The average Bonchev–Trinajstić information content (AvgIpc) is 2.59. The number of carboxylic acid groups (broad SMARTS) is 1. The molecule has 2 N–H and O–H groups in total. The van der Waals surface area contributed by atoms with E-state index in [0.717, 1.165) is 13.2 Å². The van der Waals surface area contributed by atoms with Crippen LogP contribution < -0.4 is 4.74 Å². The van der Waals surface area contributed by atoms with Crippen molar-refractivity contribution in [1.29, 1.82) is 0 Å². The molecule has 1 unspecified atom stereocenters. The van der Waals surface area contributed by atoms with Gasteiger partial charge in [0.25, 0.3) is 0 Å². The number of halogens is 3. The third-order valence-electron chi connectivity index (χ3n) is 3.54. The van der Waals surface area contributed by atoms with Crippen molar-refractivity contribution in [1.82, 2.24) is 9.88 Å². The lowest BCUT2D eigenvalue weighted by Crippen LogP contribution is -2.51. The van der Waals surface area contributed by atoms with Crippen LogP contribution in [0.4, 0.5) is 13.2 Å². The van der Waals surface area contributed by atoms with Crippen molar-refractivity contribution >= 4 is 17.6 Å². The number of hydrogen-bond acceptors (Lipinski definition) is 7. The molecule has 0 aromatic carbocycles. The number of rotatable bonds is 5. The van der Waals surface area contributed by atoms with Gasteiger partial charge in [0.1, 0.15) is 12.3 Å². The van der Waals surface area contributed by atoms with Gasteiger partial charge in [-0.1, -0.05) is 17.8 Å². The first-order valence-electron chi connectivity index (χ1n) is 7.30. The van der Waals surface area contributed by atoms with Crippen LogP contribution in [0.5, 0.6) is 11.8 Å². The lowest BCUT2D eigenvalue weighted by atomic mass is 9.92. The van der Waals surface area contributed by atoms with Gasteiger partial charge in [0.05, 0.1) is 19.2 Å². The van der Waals surface area contributed by atoms with Gasteiger partial charge in [0, 0.05) is 11.6 Å². The quantitative estimate of drug-likeness (QED) is 0.441. The molecule has 146 valence electrons. The van der Waals surface area contributed by atoms with Crippen LogP contribution in [0, 0.1) is 0 Å². The van der Waals surface area contributed by atoms with Gasteiger partial charge in [-0.25, -0.2) is 4.79 Å². The van der Waals surface area contributed by atoms with Crippen molar-refractivity contribution in [3.63, 3.8) is 0 Å². The Kier molecular flexibility index (Phi) is 5.57. The third-order valence-corrected chi connectivity index (χ3v) is 3.54. The van der Waals surface area contributed by atoms with E-state index in [1.54, 1.807) is 0 Å². The van der Waals surface area contributed by atoms with Crippen LogP contribution in [0.1, 0.15) is 17.2 Å². The number of carboxylic acids is 1. The standard InChI is InChI=1S/C15H14F3N3O6/c1-3-4-27-20-8-6-21(14(25)15(16,17)18)11(13(23)24)7-5-9(26-2)19-12(22)10(7)8/h3,5,11H,1,4,6H2,2H3,(H,19,22)(H,23,24)/b20-8+. The zero-order chi connectivity index (χ0) is 20.4. The number of carbonyl (C=O) groups excluding carboxylic acids is 1. The number of nitrogens with zero attached hydrogens (tertiary/aromatic N) is 3. The number of alkyl halides is 3. The normalized spacial score (nSPS) is 18.0. The fraction of sp³-hybridized carbons (Fsp3) is 0.333. The van der Waals surface area contributed by atoms with E-state index in [9.17, 15) is 33.0 Å². The second-order valence-electron chi connectivity index (χ2n) is 5.25. The van der Waals surface area contributed by atoms with Gasteiger partial charge in [-0.3, -0.25) is 4.79 Å². The molecule has 27 heavy (non-hydrogen) atoms. The van der Waals surface area contributed by atoms with Gasteiger partial charge in [-0.05, 0) is 0 Å². The number of amides is 1. The smallest absolute Gasteiger partial charge is 0.471 e. The highest BCUT2D eigenvalue weighted by Gasteiger charge is 2.50. The van der Waals surface area contributed by atoms with E-state index < -0.39 is 36.5 Å². The predicted octanol–water partition coefficient (Wildman–Crippen LogP) is 1.23. The van der Waals surface area contributed by atoms with Crippen molar-refractivity contribution < 1.29 is 42.5 Å². The van der Waals surface area contributed by atoms with Gasteiger partial charge in [0.2, 0.25) is 11.8 Å². The lowest BCUT2D eigenvalue weighted by Gasteiger charge is -2.35. The molecule has 1 aliphatic rings. The van der Waals surface area contributed by atoms with Crippen LogP contribution in [0.2, 0.25) is 0 Å². The summed E-state index contributed by atoms with van der Waals surface area (Å²) in [5.41, 5.74) is -0.912. The molecule has 0 aliphatic carbocycles.